The molecule has 0 N–H and O–H groups in total. The highest BCUT2D eigenvalue weighted by Crippen LogP contribution is 2.32. The van der Waals surface area contributed by atoms with E-state index in [1.165, 1.54) is 0 Å². The van der Waals surface area contributed by atoms with Crippen LogP contribution in [0.4, 0.5) is 0 Å². The van der Waals surface area contributed by atoms with Crippen LogP contribution in [0.3, 0.4) is 0 Å². The van der Waals surface area contributed by atoms with Gasteiger partial charge in [-0.2, -0.15) is 0 Å². The van der Waals surface area contributed by atoms with Crippen molar-refractivity contribution in [1.29, 1.82) is 0 Å². The van der Waals surface area contributed by atoms with E-state index >= 15 is 0 Å². The summed E-state index contributed by atoms with van der Waals surface area (Å²) in [7, 11) is 0. The van der Waals surface area contributed by atoms with Crippen LogP contribution >= 0.6 is 12.6 Å². The van der Waals surface area contributed by atoms with Gasteiger partial charge in [0, 0.05) is 0 Å². The van der Waals surface area contributed by atoms with Crippen molar-refractivity contribution in [2.24, 2.45) is 0 Å². The monoisotopic (exact) mass is 542 g/mol. The first-order valence-electron chi connectivity index (χ1n) is 13.2. The molecule has 202 valence electrons. The lowest BCUT2D eigenvalue weighted by molar-refractivity contribution is -0.250. The molecule has 5 nitrogen and oxygen atoms in total. The molecule has 4 aromatic rings. The Hall–Kier alpha value is -3.13. The fraction of sp³-hybridized carbons (Fsp3) is 0.273. The summed E-state index contributed by atoms with van der Waals surface area (Å²) in [4.78, 5) is 0. The van der Waals surface area contributed by atoms with Gasteiger partial charge in [-0.05, 0) is 28.8 Å². The van der Waals surface area contributed by atoms with Gasteiger partial charge in [0.05, 0.1) is 19.8 Å². The molecular weight excluding hydrogens is 508 g/mol. The lowest BCUT2D eigenvalue weighted by atomic mass is 9.98. The fourth-order valence-corrected chi connectivity index (χ4v) is 5.01. The largest absolute Gasteiger partial charge is 0.491 e. The highest BCUT2D eigenvalue weighted by molar-refractivity contribution is 7.80. The molecule has 0 amide bonds. The molecule has 0 aromatic heterocycles. The normalized spacial score (nSPS) is 22.8. The minimum absolute atomic E-state index is 0.289. The average Bonchev–Trinajstić information content (AvgIpc) is 3.00. The van der Waals surface area contributed by atoms with Crippen molar-refractivity contribution < 1.29 is 23.7 Å². The van der Waals surface area contributed by atoms with Gasteiger partial charge >= 0.3 is 0 Å². The van der Waals surface area contributed by atoms with Gasteiger partial charge in [-0.1, -0.05) is 109 Å². The molecule has 4 aromatic carbocycles. The van der Waals surface area contributed by atoms with Gasteiger partial charge in [-0.25, -0.2) is 0 Å². The van der Waals surface area contributed by atoms with Crippen molar-refractivity contribution in [3.8, 4) is 5.75 Å². The Morgan fingerprint density at radius 2 is 0.923 bits per heavy atom. The van der Waals surface area contributed by atoms with Crippen LogP contribution < -0.4 is 4.74 Å². The molecule has 0 unspecified atom stereocenters. The summed E-state index contributed by atoms with van der Waals surface area (Å²) in [6, 6.07) is 40.0. The van der Waals surface area contributed by atoms with E-state index in [1.807, 2.05) is 121 Å². The number of hydrogen-bond acceptors (Lipinski definition) is 6. The van der Waals surface area contributed by atoms with Gasteiger partial charge in [0.25, 0.3) is 0 Å². The van der Waals surface area contributed by atoms with Gasteiger partial charge < -0.3 is 23.7 Å². The van der Waals surface area contributed by atoms with E-state index in [-0.39, 0.29) is 6.61 Å². The number of hydrogen-bond donors (Lipinski definition) is 1. The van der Waals surface area contributed by atoms with Crippen molar-refractivity contribution in [3.05, 3.63) is 138 Å². The molecular formula is C33H34O5S. The zero-order valence-electron chi connectivity index (χ0n) is 21.8. The SMILES string of the molecule is S[C@@H]1O[C@H](COc2ccccc2)[C@@H](OCc2ccccc2)[C@H](OCc2ccccc2)[C@H]1OCc1ccccc1. The quantitative estimate of drug-likeness (QED) is 0.208. The first-order chi connectivity index (χ1) is 19.3. The third-order valence-corrected chi connectivity index (χ3v) is 7.04. The summed E-state index contributed by atoms with van der Waals surface area (Å²) in [5.41, 5.74) is 2.67. The highest BCUT2D eigenvalue weighted by atomic mass is 32.1. The summed E-state index contributed by atoms with van der Waals surface area (Å²) in [5, 5.41) is 0. The number of ether oxygens (including phenoxy) is 5. The maximum absolute atomic E-state index is 6.59. The molecule has 0 saturated carbocycles. The minimum atomic E-state index is -0.532. The van der Waals surface area contributed by atoms with Gasteiger partial charge in [0.15, 0.2) is 0 Å². The van der Waals surface area contributed by atoms with Crippen LogP contribution in [-0.4, -0.2) is 36.5 Å². The van der Waals surface area contributed by atoms with Crippen molar-refractivity contribution >= 4 is 12.6 Å². The first-order valence-corrected chi connectivity index (χ1v) is 13.8. The van der Waals surface area contributed by atoms with Crippen LogP contribution in [0.1, 0.15) is 16.7 Å². The Bertz CT molecular complexity index is 1230. The number of para-hydroxylation sites is 1. The van der Waals surface area contributed by atoms with Crippen LogP contribution in [0.2, 0.25) is 0 Å². The van der Waals surface area contributed by atoms with Crippen molar-refractivity contribution in [1.82, 2.24) is 0 Å². The van der Waals surface area contributed by atoms with Crippen molar-refractivity contribution in [3.63, 3.8) is 0 Å². The standard InChI is InChI=1S/C33H34O5S/c39-33-32(37-23-27-17-9-3-10-18-27)31(36-22-26-15-7-2-8-16-26)30(35-21-25-13-5-1-6-14-25)29(38-33)24-34-28-19-11-4-12-20-28/h1-20,29-33,39H,21-24H2/t29-,30-,31+,32-,33+/m1/s1. The van der Waals surface area contributed by atoms with Crippen LogP contribution in [0.25, 0.3) is 0 Å². The number of rotatable bonds is 12. The molecule has 5 rings (SSSR count). The second kappa shape index (κ2) is 14.3. The predicted octanol–water partition coefficient (Wildman–Crippen LogP) is 6.48. The topological polar surface area (TPSA) is 46.2 Å². The van der Waals surface area contributed by atoms with Crippen molar-refractivity contribution in [2.75, 3.05) is 6.61 Å². The fourth-order valence-electron chi connectivity index (χ4n) is 4.59. The van der Waals surface area contributed by atoms with Crippen LogP contribution in [0, 0.1) is 0 Å². The third kappa shape index (κ3) is 7.94. The van der Waals surface area contributed by atoms with Crippen molar-refractivity contribution in [2.45, 2.75) is 49.7 Å². The Balaban J connectivity index is 1.38. The Morgan fingerprint density at radius 1 is 0.513 bits per heavy atom. The summed E-state index contributed by atoms with van der Waals surface area (Å²) in [6.07, 6.45) is -1.79. The van der Waals surface area contributed by atoms with E-state index in [9.17, 15) is 0 Å². The number of benzene rings is 4. The summed E-state index contributed by atoms with van der Waals surface area (Å²) >= 11 is 4.82. The van der Waals surface area contributed by atoms with Crippen LogP contribution in [0.15, 0.2) is 121 Å². The van der Waals surface area contributed by atoms with E-state index in [0.29, 0.717) is 19.8 Å². The smallest absolute Gasteiger partial charge is 0.129 e. The van der Waals surface area contributed by atoms with E-state index < -0.39 is 29.9 Å². The minimum Gasteiger partial charge on any atom is -0.491 e. The van der Waals surface area contributed by atoms with Gasteiger partial charge in [-0.3, -0.25) is 0 Å². The maximum Gasteiger partial charge on any atom is 0.129 e. The molecule has 1 aliphatic rings. The molecule has 1 aliphatic heterocycles. The van der Waals surface area contributed by atoms with Crippen LogP contribution in [0.5, 0.6) is 5.75 Å². The second-order valence-electron chi connectivity index (χ2n) is 9.47. The molecule has 1 fully saturated rings. The lowest BCUT2D eigenvalue weighted by Crippen LogP contribution is -2.60. The van der Waals surface area contributed by atoms with Gasteiger partial charge in [0.2, 0.25) is 0 Å². The maximum atomic E-state index is 6.59. The van der Waals surface area contributed by atoms with E-state index in [0.717, 1.165) is 22.4 Å². The molecule has 1 saturated heterocycles. The zero-order chi connectivity index (χ0) is 26.7. The summed E-state index contributed by atoms with van der Waals surface area (Å²) < 4.78 is 32.1. The molecule has 5 atom stereocenters. The Kier molecular flexibility index (Phi) is 10.1. The van der Waals surface area contributed by atoms with E-state index in [1.54, 1.807) is 0 Å². The van der Waals surface area contributed by atoms with E-state index in [4.69, 9.17) is 36.3 Å². The van der Waals surface area contributed by atoms with Gasteiger partial charge in [-0.15, -0.1) is 12.6 Å². The molecule has 0 bridgehead atoms. The lowest BCUT2D eigenvalue weighted by Gasteiger charge is -2.44. The molecule has 6 heteroatoms. The van der Waals surface area contributed by atoms with E-state index in [2.05, 4.69) is 0 Å². The second-order valence-corrected chi connectivity index (χ2v) is 9.98. The molecule has 39 heavy (non-hydrogen) atoms. The molecule has 0 aliphatic carbocycles. The predicted molar refractivity (Wildman–Crippen MR) is 155 cm³/mol. The molecule has 0 spiro atoms. The Labute approximate surface area is 236 Å². The Morgan fingerprint density at radius 3 is 1.41 bits per heavy atom. The van der Waals surface area contributed by atoms with Crippen LogP contribution in [-0.2, 0) is 38.8 Å². The van der Waals surface area contributed by atoms with Gasteiger partial charge in [0.1, 0.15) is 42.2 Å². The third-order valence-electron chi connectivity index (χ3n) is 6.62. The summed E-state index contributed by atoms with van der Waals surface area (Å²) in [5.74, 6) is 0.767. The molecule has 1 heterocycles. The first kappa shape index (κ1) is 27.4. The molecule has 0 radical (unpaired) electrons. The summed E-state index contributed by atoms with van der Waals surface area (Å²) in [6.45, 7) is 1.52. The highest BCUT2D eigenvalue weighted by Gasteiger charge is 2.47. The zero-order valence-corrected chi connectivity index (χ0v) is 22.6. The average molecular weight is 543 g/mol. The number of thiol groups is 1.